The quantitative estimate of drug-likeness (QED) is 0.596. The summed E-state index contributed by atoms with van der Waals surface area (Å²) in [7, 11) is 0. The number of fused-ring (bicyclic) bond motifs is 3. The van der Waals surface area contributed by atoms with Crippen LogP contribution in [0, 0.1) is 0 Å². The molecular formula is C23H26N4O2S2. The Bertz CT molecular complexity index is 1100. The molecule has 1 atom stereocenters. The first-order valence-electron chi connectivity index (χ1n) is 11.3. The second kappa shape index (κ2) is 8.15. The highest BCUT2D eigenvalue weighted by Crippen LogP contribution is 2.41. The van der Waals surface area contributed by atoms with Crippen molar-refractivity contribution in [1.82, 2.24) is 14.9 Å². The zero-order valence-electron chi connectivity index (χ0n) is 17.5. The second-order valence-corrected chi connectivity index (χ2v) is 10.6. The molecule has 2 aliphatic heterocycles. The number of aryl methyl sites for hydroxylation is 2. The number of piperazine rings is 1. The lowest BCUT2D eigenvalue weighted by Gasteiger charge is -2.36. The number of carbonyl (C=O) groups excluding carboxylic acids is 1. The Morgan fingerprint density at radius 2 is 1.97 bits per heavy atom. The van der Waals surface area contributed by atoms with E-state index in [-0.39, 0.29) is 12.0 Å². The molecule has 1 aliphatic carbocycles. The first-order chi connectivity index (χ1) is 15.3. The molecule has 1 amide bonds. The molecule has 6 nitrogen and oxygen atoms in total. The van der Waals surface area contributed by atoms with Crippen LogP contribution in [0.25, 0.3) is 20.9 Å². The Labute approximate surface area is 189 Å². The van der Waals surface area contributed by atoms with Crippen molar-refractivity contribution in [3.05, 3.63) is 28.0 Å². The number of carbonyl (C=O) groups is 1. The standard InChI is InChI=1S/C23H26N4O2S2/c28-23(16-6-3-13-29-16)27-11-9-26(10-12-27)21-19-15-5-1-2-7-17(15)31-22(19)25-20(24-21)18-8-4-14-30-18/h4,8,14,16H,1-3,5-7,9-13H2. The summed E-state index contributed by atoms with van der Waals surface area (Å²) in [6, 6.07) is 4.16. The number of hydrogen-bond acceptors (Lipinski definition) is 7. The Kier molecular flexibility index (Phi) is 5.16. The molecule has 3 aromatic rings. The van der Waals surface area contributed by atoms with E-state index in [2.05, 4.69) is 22.4 Å². The van der Waals surface area contributed by atoms with Crippen LogP contribution >= 0.6 is 22.7 Å². The van der Waals surface area contributed by atoms with Gasteiger partial charge in [0, 0.05) is 37.7 Å². The van der Waals surface area contributed by atoms with E-state index >= 15 is 0 Å². The van der Waals surface area contributed by atoms with Crippen LogP contribution in [0.2, 0.25) is 0 Å². The van der Waals surface area contributed by atoms with Gasteiger partial charge in [0.05, 0.1) is 10.3 Å². The van der Waals surface area contributed by atoms with E-state index in [1.807, 2.05) is 16.2 Å². The molecule has 0 aromatic carbocycles. The number of nitrogens with zero attached hydrogens (tertiary/aromatic N) is 4. The number of aromatic nitrogens is 2. The van der Waals surface area contributed by atoms with Gasteiger partial charge in [0.1, 0.15) is 16.8 Å². The molecule has 0 bridgehead atoms. The molecule has 0 radical (unpaired) electrons. The fraction of sp³-hybridized carbons (Fsp3) is 0.522. The predicted octanol–water partition coefficient (Wildman–Crippen LogP) is 4.13. The number of rotatable bonds is 3. The number of thiophene rings is 2. The van der Waals surface area contributed by atoms with Crippen molar-refractivity contribution in [2.45, 2.75) is 44.6 Å². The average Bonchev–Trinajstić information content (AvgIpc) is 3.58. The van der Waals surface area contributed by atoms with Gasteiger partial charge in [0.25, 0.3) is 5.91 Å². The van der Waals surface area contributed by atoms with Crippen molar-refractivity contribution in [2.75, 3.05) is 37.7 Å². The van der Waals surface area contributed by atoms with Crippen molar-refractivity contribution in [2.24, 2.45) is 0 Å². The predicted molar refractivity (Wildman–Crippen MR) is 125 cm³/mol. The molecule has 0 N–H and O–H groups in total. The Balaban J connectivity index is 1.34. The van der Waals surface area contributed by atoms with Crippen LogP contribution < -0.4 is 4.90 Å². The molecule has 8 heteroatoms. The van der Waals surface area contributed by atoms with Crippen molar-refractivity contribution >= 4 is 44.6 Å². The van der Waals surface area contributed by atoms with Crippen LogP contribution in [0.5, 0.6) is 0 Å². The highest BCUT2D eigenvalue weighted by atomic mass is 32.1. The van der Waals surface area contributed by atoms with Gasteiger partial charge in [-0.3, -0.25) is 4.79 Å². The van der Waals surface area contributed by atoms with E-state index in [4.69, 9.17) is 14.7 Å². The molecule has 162 valence electrons. The van der Waals surface area contributed by atoms with Crippen molar-refractivity contribution in [1.29, 1.82) is 0 Å². The van der Waals surface area contributed by atoms with Gasteiger partial charge in [-0.2, -0.15) is 0 Å². The minimum Gasteiger partial charge on any atom is -0.368 e. The Morgan fingerprint density at radius 1 is 1.10 bits per heavy atom. The van der Waals surface area contributed by atoms with Gasteiger partial charge in [0.15, 0.2) is 5.82 Å². The van der Waals surface area contributed by atoms with Crippen LogP contribution in [0.15, 0.2) is 17.5 Å². The van der Waals surface area contributed by atoms with Gasteiger partial charge in [-0.25, -0.2) is 9.97 Å². The molecular weight excluding hydrogens is 428 g/mol. The maximum atomic E-state index is 12.8. The molecule has 2 saturated heterocycles. The lowest BCUT2D eigenvalue weighted by Crippen LogP contribution is -2.51. The lowest BCUT2D eigenvalue weighted by atomic mass is 9.97. The van der Waals surface area contributed by atoms with E-state index in [1.165, 1.54) is 28.7 Å². The van der Waals surface area contributed by atoms with Crippen LogP contribution in [0.4, 0.5) is 5.82 Å². The Morgan fingerprint density at radius 3 is 2.74 bits per heavy atom. The topological polar surface area (TPSA) is 58.6 Å². The van der Waals surface area contributed by atoms with E-state index in [9.17, 15) is 4.79 Å². The smallest absolute Gasteiger partial charge is 0.251 e. The number of amides is 1. The van der Waals surface area contributed by atoms with Crippen LogP contribution in [-0.4, -0.2) is 59.7 Å². The van der Waals surface area contributed by atoms with Gasteiger partial charge in [0.2, 0.25) is 0 Å². The summed E-state index contributed by atoms with van der Waals surface area (Å²) in [4.78, 5) is 30.9. The minimum atomic E-state index is -0.230. The molecule has 0 spiro atoms. The SMILES string of the molecule is O=C(C1CCCO1)N1CCN(c2nc(-c3cccs3)nc3sc4c(c23)CCCC4)CC1. The van der Waals surface area contributed by atoms with E-state index in [0.29, 0.717) is 6.61 Å². The monoisotopic (exact) mass is 454 g/mol. The molecule has 2 fully saturated rings. The van der Waals surface area contributed by atoms with Crippen LogP contribution in [0.3, 0.4) is 0 Å². The normalized spacial score (nSPS) is 21.6. The lowest BCUT2D eigenvalue weighted by molar-refractivity contribution is -0.141. The van der Waals surface area contributed by atoms with E-state index in [1.54, 1.807) is 11.3 Å². The maximum Gasteiger partial charge on any atom is 0.251 e. The van der Waals surface area contributed by atoms with Gasteiger partial charge < -0.3 is 14.5 Å². The van der Waals surface area contributed by atoms with Gasteiger partial charge >= 0.3 is 0 Å². The largest absolute Gasteiger partial charge is 0.368 e. The number of anilines is 1. The first kappa shape index (κ1) is 19.6. The summed E-state index contributed by atoms with van der Waals surface area (Å²) in [5, 5.41) is 3.34. The second-order valence-electron chi connectivity index (χ2n) is 8.55. The van der Waals surface area contributed by atoms with Gasteiger partial charge in [-0.15, -0.1) is 22.7 Å². The summed E-state index contributed by atoms with van der Waals surface area (Å²) in [6.07, 6.45) is 6.42. The number of ether oxygens (including phenoxy) is 1. The third kappa shape index (κ3) is 3.54. The molecule has 6 rings (SSSR count). The van der Waals surface area contributed by atoms with Crippen molar-refractivity contribution in [3.63, 3.8) is 0 Å². The maximum absolute atomic E-state index is 12.8. The highest BCUT2D eigenvalue weighted by molar-refractivity contribution is 7.19. The van der Waals surface area contributed by atoms with E-state index in [0.717, 1.165) is 73.2 Å². The van der Waals surface area contributed by atoms with Crippen molar-refractivity contribution < 1.29 is 9.53 Å². The first-order valence-corrected chi connectivity index (χ1v) is 13.0. The Hall–Kier alpha value is -2.03. The fourth-order valence-electron chi connectivity index (χ4n) is 5.00. The molecule has 1 unspecified atom stereocenters. The molecule has 5 heterocycles. The summed E-state index contributed by atoms with van der Waals surface area (Å²) in [5.41, 5.74) is 1.47. The molecule has 31 heavy (non-hydrogen) atoms. The zero-order chi connectivity index (χ0) is 20.8. The number of hydrogen-bond donors (Lipinski definition) is 0. The van der Waals surface area contributed by atoms with Crippen LogP contribution in [0.1, 0.15) is 36.1 Å². The molecule has 3 aliphatic rings. The summed E-state index contributed by atoms with van der Waals surface area (Å²) in [6.45, 7) is 3.78. The summed E-state index contributed by atoms with van der Waals surface area (Å²) >= 11 is 3.54. The molecule has 3 aromatic heterocycles. The summed E-state index contributed by atoms with van der Waals surface area (Å²) < 4.78 is 5.62. The fourth-order valence-corrected chi connectivity index (χ4v) is 6.91. The summed E-state index contributed by atoms with van der Waals surface area (Å²) in [5.74, 6) is 2.06. The van der Waals surface area contributed by atoms with Crippen molar-refractivity contribution in [3.8, 4) is 10.7 Å². The highest BCUT2D eigenvalue weighted by Gasteiger charge is 2.32. The third-order valence-electron chi connectivity index (χ3n) is 6.63. The minimum absolute atomic E-state index is 0.164. The van der Waals surface area contributed by atoms with Crippen LogP contribution in [-0.2, 0) is 22.4 Å². The molecule has 0 saturated carbocycles. The van der Waals surface area contributed by atoms with Gasteiger partial charge in [-0.1, -0.05) is 6.07 Å². The van der Waals surface area contributed by atoms with E-state index < -0.39 is 0 Å². The average molecular weight is 455 g/mol. The van der Waals surface area contributed by atoms with Gasteiger partial charge in [-0.05, 0) is 55.5 Å². The zero-order valence-corrected chi connectivity index (χ0v) is 19.1. The third-order valence-corrected chi connectivity index (χ3v) is 8.68.